The van der Waals surface area contributed by atoms with Crippen LogP contribution in [0.4, 0.5) is 5.13 Å². The van der Waals surface area contributed by atoms with Gasteiger partial charge in [0.1, 0.15) is 5.69 Å². The van der Waals surface area contributed by atoms with Gasteiger partial charge in [0.2, 0.25) is 5.91 Å². The fraction of sp³-hybridized carbons (Fsp3) is 0.484. The van der Waals surface area contributed by atoms with Crippen molar-refractivity contribution in [1.29, 1.82) is 0 Å². The highest BCUT2D eigenvalue weighted by Crippen LogP contribution is 2.32. The molecule has 1 aliphatic rings. The molecule has 1 unspecified atom stereocenters. The third-order valence-corrected chi connectivity index (χ3v) is 10.1. The summed E-state index contributed by atoms with van der Waals surface area (Å²) in [5, 5.41) is 6.94. The second-order valence-electron chi connectivity index (χ2n) is 12.0. The van der Waals surface area contributed by atoms with Gasteiger partial charge >= 0.3 is 0 Å². The minimum Gasteiger partial charge on any atom is -0.353 e. The summed E-state index contributed by atoms with van der Waals surface area (Å²) in [4.78, 5) is 49.0. The molecule has 1 atom stereocenters. The Hall–Kier alpha value is -3.15. The van der Waals surface area contributed by atoms with E-state index in [1.165, 1.54) is 11.3 Å². The maximum absolute atomic E-state index is 13.4. The van der Waals surface area contributed by atoms with E-state index in [-0.39, 0.29) is 23.1 Å². The quantitative estimate of drug-likeness (QED) is 0.278. The lowest BCUT2D eigenvalue weighted by Crippen LogP contribution is -2.50. The molecule has 42 heavy (non-hydrogen) atoms. The Morgan fingerprint density at radius 3 is 2.45 bits per heavy atom. The lowest BCUT2D eigenvalue weighted by Gasteiger charge is -2.34. The van der Waals surface area contributed by atoms with Gasteiger partial charge in [-0.15, -0.1) is 11.8 Å². The van der Waals surface area contributed by atoms with Crippen molar-refractivity contribution >= 4 is 46.0 Å². The Morgan fingerprint density at radius 2 is 1.79 bits per heavy atom. The summed E-state index contributed by atoms with van der Waals surface area (Å²) in [6.45, 7) is 17.2. The van der Waals surface area contributed by atoms with Gasteiger partial charge in [0.05, 0.1) is 10.4 Å². The monoisotopic (exact) mass is 610 g/mol. The third-order valence-electron chi connectivity index (χ3n) is 7.94. The van der Waals surface area contributed by atoms with E-state index in [4.69, 9.17) is 0 Å². The van der Waals surface area contributed by atoms with Gasteiger partial charge in [-0.25, -0.2) is 4.98 Å². The van der Waals surface area contributed by atoms with Crippen molar-refractivity contribution in [3.05, 3.63) is 64.1 Å². The Labute approximate surface area is 256 Å². The van der Waals surface area contributed by atoms with Crippen molar-refractivity contribution in [1.82, 2.24) is 25.1 Å². The number of thioether (sulfide) groups is 1. The average molecular weight is 611 g/mol. The minimum absolute atomic E-state index is 0.0143. The number of carbonyl (C=O) groups excluding carboxylic acids is 3. The number of aromatic nitrogens is 2. The summed E-state index contributed by atoms with van der Waals surface area (Å²) < 4.78 is 0.976. The molecule has 1 fully saturated rings. The number of nitrogens with one attached hydrogen (secondary N) is 3. The Kier molecular flexibility index (Phi) is 10.2. The summed E-state index contributed by atoms with van der Waals surface area (Å²) in [5.41, 5.74) is 5.43. The van der Waals surface area contributed by atoms with Crippen LogP contribution in [-0.4, -0.2) is 69.7 Å². The number of anilines is 1. The van der Waals surface area contributed by atoms with E-state index >= 15 is 0 Å². The van der Waals surface area contributed by atoms with Crippen LogP contribution >= 0.6 is 23.1 Å². The zero-order valence-corrected chi connectivity index (χ0v) is 27.2. The fourth-order valence-electron chi connectivity index (χ4n) is 4.58. The molecular formula is C31H42N6O3S2. The van der Waals surface area contributed by atoms with Crippen LogP contribution < -0.4 is 10.6 Å². The number of hydrogen-bond acceptors (Lipinski definition) is 7. The standard InChI is InChI=1S/C31H42N6O3S2/c1-19-14-23(15-25(20(19)2)29(40)37-12-10-36(11-13-37)22(4)38)18-41-27-17-33-30(42-27)35-28(39)26-9-8-24(34-26)16-32-21(3)31(5,6)7/h8-9,14-15,17,21,32,34H,10-13,16,18H2,1-7H3,(H,33,35,39). The molecule has 11 heteroatoms. The average Bonchev–Trinajstić information content (AvgIpc) is 3.61. The number of carbonyl (C=O) groups is 3. The van der Waals surface area contributed by atoms with Gasteiger partial charge in [-0.1, -0.05) is 38.2 Å². The van der Waals surface area contributed by atoms with Gasteiger partial charge in [-0.3, -0.25) is 19.7 Å². The van der Waals surface area contributed by atoms with Crippen LogP contribution in [0.5, 0.6) is 0 Å². The van der Waals surface area contributed by atoms with Gasteiger partial charge in [-0.2, -0.15) is 0 Å². The van der Waals surface area contributed by atoms with Crippen LogP contribution in [0.2, 0.25) is 0 Å². The molecule has 1 aliphatic heterocycles. The lowest BCUT2D eigenvalue weighted by molar-refractivity contribution is -0.130. The summed E-state index contributed by atoms with van der Waals surface area (Å²) in [6, 6.07) is 8.15. The van der Waals surface area contributed by atoms with E-state index in [0.29, 0.717) is 60.9 Å². The number of nitrogens with zero attached hydrogens (tertiary/aromatic N) is 3. The van der Waals surface area contributed by atoms with Gasteiger partial charge in [-0.05, 0) is 61.1 Å². The highest BCUT2D eigenvalue weighted by molar-refractivity contribution is 8.00. The molecule has 3 heterocycles. The largest absolute Gasteiger partial charge is 0.353 e. The molecule has 0 spiro atoms. The van der Waals surface area contributed by atoms with E-state index in [1.807, 2.05) is 30.9 Å². The van der Waals surface area contributed by atoms with Crippen molar-refractivity contribution in [2.24, 2.45) is 5.41 Å². The molecule has 3 amide bonds. The van der Waals surface area contributed by atoms with E-state index < -0.39 is 0 Å². The van der Waals surface area contributed by atoms with Crippen molar-refractivity contribution in [3.63, 3.8) is 0 Å². The molecule has 0 bridgehead atoms. The number of benzene rings is 1. The number of aromatic amines is 1. The first-order valence-electron chi connectivity index (χ1n) is 14.3. The van der Waals surface area contributed by atoms with Crippen molar-refractivity contribution in [2.45, 2.75) is 71.0 Å². The topological polar surface area (TPSA) is 110 Å². The zero-order valence-electron chi connectivity index (χ0n) is 25.6. The Balaban J connectivity index is 1.32. The number of H-pyrrole nitrogens is 1. The maximum atomic E-state index is 13.4. The number of rotatable bonds is 9. The molecule has 2 aromatic heterocycles. The first-order valence-corrected chi connectivity index (χ1v) is 16.1. The first-order chi connectivity index (χ1) is 19.8. The van der Waals surface area contributed by atoms with E-state index in [9.17, 15) is 14.4 Å². The number of hydrogen-bond donors (Lipinski definition) is 3. The molecule has 4 rings (SSSR count). The van der Waals surface area contributed by atoms with Gasteiger partial charge in [0.15, 0.2) is 5.13 Å². The zero-order chi connectivity index (χ0) is 30.6. The Morgan fingerprint density at radius 1 is 1.10 bits per heavy atom. The van der Waals surface area contributed by atoms with E-state index in [1.54, 1.807) is 35.8 Å². The van der Waals surface area contributed by atoms with Crippen LogP contribution in [0.3, 0.4) is 0 Å². The van der Waals surface area contributed by atoms with Gasteiger partial charge in [0.25, 0.3) is 11.8 Å². The van der Waals surface area contributed by atoms with Crippen LogP contribution in [0.15, 0.2) is 34.7 Å². The highest BCUT2D eigenvalue weighted by atomic mass is 32.2. The normalized spacial score (nSPS) is 14.6. The SMILES string of the molecule is CC(=O)N1CCN(C(=O)c2cc(CSc3cnc(NC(=O)c4ccc(CNC(C)C(C)(C)C)[nH]4)s3)cc(C)c2C)CC1. The van der Waals surface area contributed by atoms with Crippen LogP contribution in [0.25, 0.3) is 0 Å². The molecule has 0 radical (unpaired) electrons. The molecule has 1 saturated heterocycles. The van der Waals surface area contributed by atoms with Crippen molar-refractivity contribution in [2.75, 3.05) is 31.5 Å². The first kappa shape index (κ1) is 31.8. The maximum Gasteiger partial charge on any atom is 0.273 e. The predicted molar refractivity (Wildman–Crippen MR) is 170 cm³/mol. The highest BCUT2D eigenvalue weighted by Gasteiger charge is 2.25. The van der Waals surface area contributed by atoms with Crippen molar-refractivity contribution < 1.29 is 14.4 Å². The van der Waals surface area contributed by atoms with Gasteiger partial charge in [0, 0.05) is 62.7 Å². The summed E-state index contributed by atoms with van der Waals surface area (Å²) in [6.07, 6.45) is 1.77. The second kappa shape index (κ2) is 13.4. The fourth-order valence-corrected chi connectivity index (χ4v) is 6.38. The molecule has 1 aromatic carbocycles. The smallest absolute Gasteiger partial charge is 0.273 e. The van der Waals surface area contributed by atoms with E-state index in [0.717, 1.165) is 26.6 Å². The lowest BCUT2D eigenvalue weighted by atomic mass is 9.88. The van der Waals surface area contributed by atoms with Crippen LogP contribution in [0.1, 0.15) is 77.8 Å². The van der Waals surface area contributed by atoms with Crippen molar-refractivity contribution in [3.8, 4) is 0 Å². The molecule has 3 aromatic rings. The molecule has 226 valence electrons. The van der Waals surface area contributed by atoms with E-state index in [2.05, 4.69) is 54.4 Å². The van der Waals surface area contributed by atoms with Gasteiger partial charge < -0.3 is 20.1 Å². The van der Waals surface area contributed by atoms with Crippen LogP contribution in [0, 0.1) is 19.3 Å². The minimum atomic E-state index is -0.225. The summed E-state index contributed by atoms with van der Waals surface area (Å²) >= 11 is 3.05. The molecule has 0 saturated carbocycles. The summed E-state index contributed by atoms with van der Waals surface area (Å²) in [5.74, 6) is 0.513. The number of piperazine rings is 1. The molecular weight excluding hydrogens is 569 g/mol. The molecule has 9 nitrogen and oxygen atoms in total. The molecule has 3 N–H and O–H groups in total. The predicted octanol–water partition coefficient (Wildman–Crippen LogP) is 5.46. The second-order valence-corrected chi connectivity index (χ2v) is 14.3. The number of aryl methyl sites for hydroxylation is 1. The third kappa shape index (κ3) is 8.02. The Bertz CT molecular complexity index is 1430. The summed E-state index contributed by atoms with van der Waals surface area (Å²) in [7, 11) is 0. The number of thiazole rings is 1. The number of amides is 3. The van der Waals surface area contributed by atoms with Crippen LogP contribution in [-0.2, 0) is 17.1 Å². The molecule has 0 aliphatic carbocycles.